The zero-order chi connectivity index (χ0) is 14.4. The monoisotopic (exact) mass is 281 g/mol. The van der Waals surface area contributed by atoms with Gasteiger partial charge in [-0.2, -0.15) is 0 Å². The summed E-state index contributed by atoms with van der Waals surface area (Å²) in [6.07, 6.45) is 4.02. The number of carboxylic acid groups (broad SMARTS) is 1. The van der Waals surface area contributed by atoms with Gasteiger partial charge in [0.15, 0.2) is 5.69 Å². The van der Waals surface area contributed by atoms with E-state index in [1.165, 1.54) is 0 Å². The predicted octanol–water partition coefficient (Wildman–Crippen LogP) is -0.203. The standard InChI is InChI=1S/C12H19N5O3/c18-11(19)4-2-1-3-5-14-12(20)10-8-17(16-15-10)9-6-13-7-9/h8-9,13H,1-7H2,(H,14,20)(H,18,19). The number of hydrogen-bond donors (Lipinski definition) is 3. The summed E-state index contributed by atoms with van der Waals surface area (Å²) in [6.45, 7) is 2.23. The second-order valence-corrected chi connectivity index (χ2v) is 4.86. The lowest BCUT2D eigenvalue weighted by atomic mass is 10.2. The van der Waals surface area contributed by atoms with E-state index in [-0.39, 0.29) is 12.3 Å². The van der Waals surface area contributed by atoms with Crippen molar-refractivity contribution in [3.8, 4) is 0 Å². The Hall–Kier alpha value is -1.96. The van der Waals surface area contributed by atoms with Gasteiger partial charge >= 0.3 is 5.97 Å². The molecule has 1 amide bonds. The van der Waals surface area contributed by atoms with Crippen LogP contribution in [-0.4, -0.2) is 51.6 Å². The highest BCUT2D eigenvalue weighted by Crippen LogP contribution is 2.09. The number of aliphatic carboxylic acids is 1. The lowest BCUT2D eigenvalue weighted by Gasteiger charge is -2.26. The van der Waals surface area contributed by atoms with E-state index in [2.05, 4.69) is 20.9 Å². The lowest BCUT2D eigenvalue weighted by molar-refractivity contribution is -0.137. The number of amides is 1. The quantitative estimate of drug-likeness (QED) is 0.569. The Labute approximate surface area is 116 Å². The minimum atomic E-state index is -0.781. The highest BCUT2D eigenvalue weighted by atomic mass is 16.4. The average molecular weight is 281 g/mol. The molecule has 0 atom stereocenters. The number of nitrogens with one attached hydrogen (secondary N) is 2. The summed E-state index contributed by atoms with van der Waals surface area (Å²) in [5.41, 5.74) is 0.322. The molecule has 0 aliphatic carbocycles. The van der Waals surface area contributed by atoms with Crippen molar-refractivity contribution in [1.29, 1.82) is 0 Å². The minimum Gasteiger partial charge on any atom is -0.481 e. The maximum Gasteiger partial charge on any atom is 0.303 e. The Kier molecular flexibility index (Phi) is 5.05. The molecule has 2 heterocycles. The van der Waals surface area contributed by atoms with Crippen LogP contribution in [-0.2, 0) is 4.79 Å². The molecule has 1 aliphatic heterocycles. The molecule has 0 unspecified atom stereocenters. The molecule has 1 fully saturated rings. The summed E-state index contributed by atoms with van der Waals surface area (Å²) in [4.78, 5) is 22.1. The topological polar surface area (TPSA) is 109 Å². The minimum absolute atomic E-state index is 0.178. The van der Waals surface area contributed by atoms with E-state index in [0.29, 0.717) is 24.7 Å². The van der Waals surface area contributed by atoms with Crippen LogP contribution in [0.1, 0.15) is 42.2 Å². The zero-order valence-corrected chi connectivity index (χ0v) is 11.2. The molecule has 2 rings (SSSR count). The van der Waals surface area contributed by atoms with Crippen LogP contribution in [0.2, 0.25) is 0 Å². The number of carboxylic acids is 1. The number of aromatic nitrogens is 3. The Balaban J connectivity index is 1.64. The summed E-state index contributed by atoms with van der Waals surface area (Å²) < 4.78 is 1.71. The second kappa shape index (κ2) is 6.99. The van der Waals surface area contributed by atoms with Gasteiger partial charge in [0, 0.05) is 26.1 Å². The molecule has 8 nitrogen and oxygen atoms in total. The zero-order valence-electron chi connectivity index (χ0n) is 11.2. The molecular formula is C12H19N5O3. The van der Waals surface area contributed by atoms with Gasteiger partial charge in [0.1, 0.15) is 0 Å². The van der Waals surface area contributed by atoms with E-state index in [9.17, 15) is 9.59 Å². The Morgan fingerprint density at radius 2 is 2.20 bits per heavy atom. The Bertz CT molecular complexity index is 469. The van der Waals surface area contributed by atoms with Crippen LogP contribution in [0, 0.1) is 0 Å². The van der Waals surface area contributed by atoms with Crippen LogP contribution in [0.4, 0.5) is 0 Å². The van der Waals surface area contributed by atoms with Crippen molar-refractivity contribution < 1.29 is 14.7 Å². The van der Waals surface area contributed by atoms with Crippen LogP contribution in [0.5, 0.6) is 0 Å². The summed E-state index contributed by atoms with van der Waals surface area (Å²) in [5, 5.41) is 22.2. The first-order valence-corrected chi connectivity index (χ1v) is 6.79. The van der Waals surface area contributed by atoms with E-state index < -0.39 is 5.97 Å². The van der Waals surface area contributed by atoms with Crippen molar-refractivity contribution >= 4 is 11.9 Å². The van der Waals surface area contributed by atoms with Gasteiger partial charge in [-0.25, -0.2) is 4.68 Å². The van der Waals surface area contributed by atoms with Gasteiger partial charge in [0.2, 0.25) is 0 Å². The van der Waals surface area contributed by atoms with Gasteiger partial charge in [-0.05, 0) is 12.8 Å². The smallest absolute Gasteiger partial charge is 0.303 e. The van der Waals surface area contributed by atoms with E-state index in [1.54, 1.807) is 10.9 Å². The molecule has 1 aromatic heterocycles. The van der Waals surface area contributed by atoms with Crippen LogP contribution < -0.4 is 10.6 Å². The highest BCUT2D eigenvalue weighted by molar-refractivity contribution is 5.91. The molecule has 0 aromatic carbocycles. The molecule has 0 saturated carbocycles. The number of nitrogens with zero attached hydrogens (tertiary/aromatic N) is 3. The van der Waals surface area contributed by atoms with Gasteiger partial charge in [0.25, 0.3) is 5.91 Å². The maximum absolute atomic E-state index is 11.8. The first kappa shape index (κ1) is 14.4. The van der Waals surface area contributed by atoms with Crippen molar-refractivity contribution in [1.82, 2.24) is 25.6 Å². The largest absolute Gasteiger partial charge is 0.481 e. The SMILES string of the molecule is O=C(O)CCCCCNC(=O)c1cn(C2CNC2)nn1. The molecule has 1 saturated heterocycles. The summed E-state index contributed by atoms with van der Waals surface area (Å²) in [6, 6.07) is 0.292. The molecule has 8 heteroatoms. The van der Waals surface area contributed by atoms with Crippen LogP contribution in [0.25, 0.3) is 0 Å². The Morgan fingerprint density at radius 1 is 1.40 bits per heavy atom. The molecule has 0 radical (unpaired) electrons. The number of hydrogen-bond acceptors (Lipinski definition) is 5. The summed E-state index contributed by atoms with van der Waals surface area (Å²) in [7, 11) is 0. The van der Waals surface area contributed by atoms with Crippen molar-refractivity contribution in [3.05, 3.63) is 11.9 Å². The average Bonchev–Trinajstić information content (AvgIpc) is 2.80. The van der Waals surface area contributed by atoms with Gasteiger partial charge < -0.3 is 15.7 Å². The third kappa shape index (κ3) is 4.02. The molecule has 0 bridgehead atoms. The van der Waals surface area contributed by atoms with Crippen LogP contribution in [0.15, 0.2) is 6.20 Å². The fourth-order valence-electron chi connectivity index (χ4n) is 1.89. The maximum atomic E-state index is 11.8. The molecule has 0 spiro atoms. The van der Waals surface area contributed by atoms with Gasteiger partial charge in [-0.15, -0.1) is 5.10 Å². The second-order valence-electron chi connectivity index (χ2n) is 4.86. The summed E-state index contributed by atoms with van der Waals surface area (Å²) in [5.74, 6) is -1.02. The molecule has 110 valence electrons. The number of unbranched alkanes of at least 4 members (excludes halogenated alkanes) is 2. The van der Waals surface area contributed by atoms with E-state index in [4.69, 9.17) is 5.11 Å². The third-order valence-electron chi connectivity index (χ3n) is 3.23. The first-order valence-electron chi connectivity index (χ1n) is 6.79. The molecular weight excluding hydrogens is 262 g/mol. The van der Waals surface area contributed by atoms with E-state index in [0.717, 1.165) is 25.9 Å². The van der Waals surface area contributed by atoms with Gasteiger partial charge in [-0.1, -0.05) is 11.6 Å². The fourth-order valence-corrected chi connectivity index (χ4v) is 1.89. The fraction of sp³-hybridized carbons (Fsp3) is 0.667. The first-order chi connectivity index (χ1) is 9.66. The van der Waals surface area contributed by atoms with Gasteiger partial charge in [-0.3, -0.25) is 9.59 Å². The van der Waals surface area contributed by atoms with Crippen molar-refractivity contribution in [2.75, 3.05) is 19.6 Å². The van der Waals surface area contributed by atoms with E-state index >= 15 is 0 Å². The molecule has 1 aromatic rings. The molecule has 20 heavy (non-hydrogen) atoms. The molecule has 1 aliphatic rings. The molecule has 3 N–H and O–H groups in total. The van der Waals surface area contributed by atoms with Crippen molar-refractivity contribution in [2.45, 2.75) is 31.7 Å². The lowest BCUT2D eigenvalue weighted by Crippen LogP contribution is -2.43. The number of carbonyl (C=O) groups is 2. The van der Waals surface area contributed by atoms with E-state index in [1.807, 2.05) is 0 Å². The van der Waals surface area contributed by atoms with Crippen molar-refractivity contribution in [3.63, 3.8) is 0 Å². The van der Waals surface area contributed by atoms with Crippen LogP contribution >= 0.6 is 0 Å². The van der Waals surface area contributed by atoms with Crippen molar-refractivity contribution in [2.24, 2.45) is 0 Å². The number of carbonyl (C=O) groups excluding carboxylic acids is 1. The Morgan fingerprint density at radius 3 is 2.85 bits per heavy atom. The predicted molar refractivity (Wildman–Crippen MR) is 70.4 cm³/mol. The number of rotatable bonds is 8. The van der Waals surface area contributed by atoms with Crippen LogP contribution in [0.3, 0.4) is 0 Å². The highest BCUT2D eigenvalue weighted by Gasteiger charge is 2.21. The third-order valence-corrected chi connectivity index (χ3v) is 3.23. The summed E-state index contributed by atoms with van der Waals surface area (Å²) >= 11 is 0. The normalized spacial score (nSPS) is 14.8. The van der Waals surface area contributed by atoms with Gasteiger partial charge in [0.05, 0.1) is 12.2 Å².